The van der Waals surface area contributed by atoms with Crippen molar-refractivity contribution in [3.63, 3.8) is 0 Å². The van der Waals surface area contributed by atoms with E-state index in [1.807, 2.05) is 0 Å². The summed E-state index contributed by atoms with van der Waals surface area (Å²) in [5, 5.41) is 1.41. The van der Waals surface area contributed by atoms with Crippen molar-refractivity contribution in [2.75, 3.05) is 0 Å². The molecule has 0 aliphatic carbocycles. The van der Waals surface area contributed by atoms with Crippen LogP contribution in [0.5, 0.6) is 0 Å². The minimum Gasteiger partial charge on any atom is -0.358 e. The third kappa shape index (κ3) is 3.15. The number of fused-ring (bicyclic) bond motifs is 1. The normalized spacial score (nSPS) is 11.3. The highest BCUT2D eigenvalue weighted by Crippen LogP contribution is 2.29. The Morgan fingerprint density at radius 2 is 2.00 bits per heavy atom. The molecule has 0 aliphatic heterocycles. The van der Waals surface area contributed by atoms with Crippen LogP contribution < -0.4 is 0 Å². The summed E-state index contributed by atoms with van der Waals surface area (Å²) < 4.78 is 0. The van der Waals surface area contributed by atoms with Gasteiger partial charge in [0.2, 0.25) is 0 Å². The van der Waals surface area contributed by atoms with Crippen LogP contribution in [0.3, 0.4) is 0 Å². The van der Waals surface area contributed by atoms with Crippen molar-refractivity contribution in [3.8, 4) is 0 Å². The van der Waals surface area contributed by atoms with Crippen LogP contribution >= 0.6 is 0 Å². The topological polar surface area (TPSA) is 15.8 Å². The molecule has 1 N–H and O–H groups in total. The summed E-state index contributed by atoms with van der Waals surface area (Å²) in [6.07, 6.45) is 5.69. The second-order valence-electron chi connectivity index (χ2n) is 6.29. The predicted molar refractivity (Wildman–Crippen MR) is 89.5 cm³/mol. The van der Waals surface area contributed by atoms with E-state index in [1.165, 1.54) is 46.1 Å². The molecule has 2 aromatic rings. The van der Waals surface area contributed by atoms with Crippen LogP contribution in [0.1, 0.15) is 63.8 Å². The van der Waals surface area contributed by atoms with Gasteiger partial charge in [-0.05, 0) is 49.8 Å². The molecule has 0 saturated carbocycles. The van der Waals surface area contributed by atoms with E-state index in [0.717, 1.165) is 6.42 Å². The van der Waals surface area contributed by atoms with Gasteiger partial charge in [-0.1, -0.05) is 51.0 Å². The van der Waals surface area contributed by atoms with Gasteiger partial charge in [0, 0.05) is 16.6 Å². The number of aromatic amines is 1. The Bertz CT molecular complexity index is 610. The lowest BCUT2D eigenvalue weighted by Gasteiger charge is -2.06. The first-order valence-corrected chi connectivity index (χ1v) is 7.79. The number of benzene rings is 1. The predicted octanol–water partition coefficient (Wildman–Crippen LogP) is 5.75. The highest BCUT2D eigenvalue weighted by atomic mass is 14.7. The van der Waals surface area contributed by atoms with Gasteiger partial charge < -0.3 is 4.98 Å². The Kier molecular flexibility index (Phi) is 4.69. The third-order valence-electron chi connectivity index (χ3n) is 3.83. The monoisotopic (exact) mass is 269 g/mol. The van der Waals surface area contributed by atoms with E-state index in [4.69, 9.17) is 0 Å². The second kappa shape index (κ2) is 6.30. The molecular weight excluding hydrogens is 242 g/mol. The van der Waals surface area contributed by atoms with Crippen molar-refractivity contribution >= 4 is 10.9 Å². The fraction of sp³-hybridized carbons (Fsp3) is 0.474. The molecular formula is C19H27N. The molecule has 1 aromatic carbocycles. The Labute approximate surface area is 123 Å². The molecule has 1 heterocycles. The fourth-order valence-electron chi connectivity index (χ4n) is 2.78. The molecule has 1 heteroatoms. The van der Waals surface area contributed by atoms with Crippen molar-refractivity contribution in [2.45, 2.75) is 59.8 Å². The highest BCUT2D eigenvalue weighted by Gasteiger charge is 2.13. The average molecular weight is 269 g/mol. The molecule has 0 spiro atoms. The molecule has 1 nitrogen and oxygen atoms in total. The summed E-state index contributed by atoms with van der Waals surface area (Å²) in [6, 6.07) is 6.90. The zero-order chi connectivity index (χ0) is 14.7. The molecule has 0 radical (unpaired) electrons. The largest absolute Gasteiger partial charge is 0.358 e. The Morgan fingerprint density at radius 3 is 2.60 bits per heavy atom. The molecule has 20 heavy (non-hydrogen) atoms. The van der Waals surface area contributed by atoms with Crippen LogP contribution in [0.2, 0.25) is 0 Å². The molecule has 2 rings (SSSR count). The number of hydrogen-bond donors (Lipinski definition) is 1. The van der Waals surface area contributed by atoms with Crippen molar-refractivity contribution < 1.29 is 0 Å². The summed E-state index contributed by atoms with van der Waals surface area (Å²) in [6.45, 7) is 11.1. The third-order valence-corrected chi connectivity index (χ3v) is 3.83. The Balaban J connectivity index is 2.45. The lowest BCUT2D eigenvalue weighted by molar-refractivity contribution is 0.802. The Morgan fingerprint density at radius 1 is 1.25 bits per heavy atom. The van der Waals surface area contributed by atoms with Gasteiger partial charge in [0.05, 0.1) is 0 Å². The maximum atomic E-state index is 3.66. The van der Waals surface area contributed by atoms with E-state index < -0.39 is 0 Å². The number of H-pyrrole nitrogens is 1. The molecule has 0 bridgehead atoms. The smallest absolute Gasteiger partial charge is 0.0461 e. The minimum absolute atomic E-state index is 0.560. The molecule has 0 amide bonds. The van der Waals surface area contributed by atoms with E-state index >= 15 is 0 Å². The van der Waals surface area contributed by atoms with Gasteiger partial charge in [0.1, 0.15) is 0 Å². The van der Waals surface area contributed by atoms with Crippen molar-refractivity contribution in [1.29, 1.82) is 0 Å². The summed E-state index contributed by atoms with van der Waals surface area (Å²) in [5.41, 5.74) is 7.01. The number of allylic oxidation sites excluding steroid dienone is 2. The molecule has 0 fully saturated rings. The van der Waals surface area contributed by atoms with Gasteiger partial charge >= 0.3 is 0 Å². The highest BCUT2D eigenvalue weighted by molar-refractivity contribution is 5.85. The van der Waals surface area contributed by atoms with Gasteiger partial charge in [-0.2, -0.15) is 0 Å². The quantitative estimate of drug-likeness (QED) is 0.665. The summed E-state index contributed by atoms with van der Waals surface area (Å²) in [5.74, 6) is 0.560. The lowest BCUT2D eigenvalue weighted by atomic mass is 9.99. The van der Waals surface area contributed by atoms with Gasteiger partial charge in [0.15, 0.2) is 0 Å². The van der Waals surface area contributed by atoms with Crippen LogP contribution in [0.4, 0.5) is 0 Å². The molecule has 0 saturated heterocycles. The first-order valence-electron chi connectivity index (χ1n) is 7.79. The summed E-state index contributed by atoms with van der Waals surface area (Å²) >= 11 is 0. The molecule has 0 unspecified atom stereocenters. The number of rotatable bonds is 5. The van der Waals surface area contributed by atoms with Gasteiger partial charge in [-0.25, -0.2) is 0 Å². The number of aromatic nitrogens is 1. The number of hydrogen-bond acceptors (Lipinski definition) is 0. The fourth-order valence-corrected chi connectivity index (χ4v) is 2.78. The zero-order valence-corrected chi connectivity index (χ0v) is 13.5. The maximum Gasteiger partial charge on any atom is 0.0461 e. The van der Waals surface area contributed by atoms with Crippen LogP contribution in [0.15, 0.2) is 29.8 Å². The van der Waals surface area contributed by atoms with Crippen LogP contribution in [-0.2, 0) is 12.8 Å². The van der Waals surface area contributed by atoms with Gasteiger partial charge in [0.25, 0.3) is 0 Å². The SMILES string of the molecule is CCCc1c(C(C)C)[nH]c2cc(CC=C(C)C)ccc12. The molecule has 1 aromatic heterocycles. The summed E-state index contributed by atoms with van der Waals surface area (Å²) in [4.78, 5) is 3.66. The lowest BCUT2D eigenvalue weighted by Crippen LogP contribution is -1.93. The molecule has 0 aliphatic rings. The van der Waals surface area contributed by atoms with Crippen LogP contribution in [-0.4, -0.2) is 4.98 Å². The Hall–Kier alpha value is -1.50. The van der Waals surface area contributed by atoms with Crippen molar-refractivity contribution in [3.05, 3.63) is 46.7 Å². The average Bonchev–Trinajstić information content (AvgIpc) is 2.75. The van der Waals surface area contributed by atoms with E-state index in [9.17, 15) is 0 Å². The molecule has 0 atom stereocenters. The van der Waals surface area contributed by atoms with Crippen molar-refractivity contribution in [2.24, 2.45) is 0 Å². The standard InChI is InChI=1S/C19H27N/c1-6-7-17-16-11-10-15(9-8-13(2)3)12-18(16)20-19(17)14(4)5/h8,10-12,14,20H,6-7,9H2,1-5H3. The van der Waals surface area contributed by atoms with E-state index in [-0.39, 0.29) is 0 Å². The van der Waals surface area contributed by atoms with Gasteiger partial charge in [-0.3, -0.25) is 0 Å². The first kappa shape index (κ1) is 14.9. The minimum atomic E-state index is 0.560. The summed E-state index contributed by atoms with van der Waals surface area (Å²) in [7, 11) is 0. The zero-order valence-electron chi connectivity index (χ0n) is 13.5. The van der Waals surface area contributed by atoms with Crippen LogP contribution in [0, 0.1) is 0 Å². The van der Waals surface area contributed by atoms with Gasteiger partial charge in [-0.15, -0.1) is 0 Å². The van der Waals surface area contributed by atoms with E-state index in [0.29, 0.717) is 5.92 Å². The second-order valence-corrected chi connectivity index (χ2v) is 6.29. The molecule has 108 valence electrons. The van der Waals surface area contributed by atoms with Crippen LogP contribution in [0.25, 0.3) is 10.9 Å². The number of aryl methyl sites for hydroxylation is 1. The first-order chi connectivity index (χ1) is 9.52. The van der Waals surface area contributed by atoms with E-state index in [1.54, 1.807) is 0 Å². The maximum absolute atomic E-state index is 3.66. The van der Waals surface area contributed by atoms with Crippen molar-refractivity contribution in [1.82, 2.24) is 4.98 Å². The van der Waals surface area contributed by atoms with E-state index in [2.05, 4.69) is 63.9 Å². The number of nitrogens with one attached hydrogen (secondary N) is 1.